The summed E-state index contributed by atoms with van der Waals surface area (Å²) in [5.74, 6) is 2.02. The highest BCUT2D eigenvalue weighted by atomic mass is 19.1. The lowest BCUT2D eigenvalue weighted by molar-refractivity contribution is 0.627. The maximum Gasteiger partial charge on any atom is 0.138 e. The van der Waals surface area contributed by atoms with Gasteiger partial charge in [-0.25, -0.2) is 14.4 Å². The zero-order chi connectivity index (χ0) is 13.8. The third-order valence-corrected chi connectivity index (χ3v) is 2.81. The van der Waals surface area contributed by atoms with Gasteiger partial charge in [0, 0.05) is 25.3 Å². The third-order valence-electron chi connectivity index (χ3n) is 2.81. The lowest BCUT2D eigenvalue weighted by Crippen LogP contribution is -2.18. The molecule has 0 atom stereocenters. The molecular formula is C14H17FN4. The topological polar surface area (TPSA) is 41.0 Å². The van der Waals surface area contributed by atoms with E-state index in [1.807, 2.05) is 31.9 Å². The number of rotatable bonds is 4. The fraction of sp³-hybridized carbons (Fsp3) is 0.286. The summed E-state index contributed by atoms with van der Waals surface area (Å²) in [6, 6.07) is 8.26. The van der Waals surface area contributed by atoms with Crippen molar-refractivity contribution in [1.82, 2.24) is 9.97 Å². The Labute approximate surface area is 112 Å². The van der Waals surface area contributed by atoms with Crippen LogP contribution < -0.4 is 10.2 Å². The monoisotopic (exact) mass is 260 g/mol. The van der Waals surface area contributed by atoms with Crippen molar-refractivity contribution in [2.75, 3.05) is 23.8 Å². The fourth-order valence-electron chi connectivity index (χ4n) is 1.92. The molecule has 100 valence electrons. The number of hydrogen-bond donors (Lipinski definition) is 1. The summed E-state index contributed by atoms with van der Waals surface area (Å²) in [6.07, 6.45) is 0. The summed E-state index contributed by atoms with van der Waals surface area (Å²) in [5, 5.41) is 3.01. The highest BCUT2D eigenvalue weighted by molar-refractivity contribution is 5.62. The molecule has 0 bridgehead atoms. The van der Waals surface area contributed by atoms with E-state index < -0.39 is 0 Å². The van der Waals surface area contributed by atoms with Gasteiger partial charge in [0.15, 0.2) is 0 Å². The average molecular weight is 260 g/mol. The van der Waals surface area contributed by atoms with Gasteiger partial charge in [0.25, 0.3) is 0 Å². The van der Waals surface area contributed by atoms with E-state index in [-0.39, 0.29) is 5.82 Å². The number of aromatic nitrogens is 2. The molecule has 0 saturated heterocycles. The van der Waals surface area contributed by atoms with Crippen LogP contribution in [-0.2, 0) is 0 Å². The van der Waals surface area contributed by atoms with Gasteiger partial charge in [-0.15, -0.1) is 0 Å². The van der Waals surface area contributed by atoms with Gasteiger partial charge in [-0.05, 0) is 38.1 Å². The van der Waals surface area contributed by atoms with Crippen molar-refractivity contribution < 1.29 is 4.39 Å². The Hall–Kier alpha value is -2.17. The van der Waals surface area contributed by atoms with Crippen molar-refractivity contribution in [3.63, 3.8) is 0 Å². The minimum atomic E-state index is -0.241. The first-order valence-electron chi connectivity index (χ1n) is 6.20. The van der Waals surface area contributed by atoms with Gasteiger partial charge in [-0.1, -0.05) is 0 Å². The fourth-order valence-corrected chi connectivity index (χ4v) is 1.92. The van der Waals surface area contributed by atoms with Crippen LogP contribution >= 0.6 is 0 Å². The van der Waals surface area contributed by atoms with Crippen LogP contribution in [0.4, 0.5) is 21.7 Å². The van der Waals surface area contributed by atoms with Crippen molar-refractivity contribution in [2.24, 2.45) is 0 Å². The molecule has 1 aromatic carbocycles. The molecule has 2 rings (SSSR count). The summed E-state index contributed by atoms with van der Waals surface area (Å²) in [4.78, 5) is 10.7. The van der Waals surface area contributed by atoms with Gasteiger partial charge in [-0.3, -0.25) is 0 Å². The first kappa shape index (κ1) is 13.3. The molecule has 1 heterocycles. The highest BCUT2D eigenvalue weighted by Gasteiger charge is 2.10. The number of hydrogen-bond acceptors (Lipinski definition) is 4. The van der Waals surface area contributed by atoms with Crippen LogP contribution in [0.2, 0.25) is 0 Å². The summed E-state index contributed by atoms with van der Waals surface area (Å²) in [5.41, 5.74) is 0.907. The second-order valence-electron chi connectivity index (χ2n) is 4.13. The van der Waals surface area contributed by atoms with E-state index in [4.69, 9.17) is 0 Å². The number of nitrogens with zero attached hydrogens (tertiary/aromatic N) is 3. The molecule has 0 fully saturated rings. The van der Waals surface area contributed by atoms with Crippen LogP contribution in [0.25, 0.3) is 0 Å². The number of anilines is 3. The molecule has 0 aliphatic rings. The lowest BCUT2D eigenvalue weighted by atomic mass is 10.2. The zero-order valence-corrected chi connectivity index (χ0v) is 11.3. The molecule has 0 amide bonds. The van der Waals surface area contributed by atoms with Gasteiger partial charge in [0.05, 0.1) is 0 Å². The Morgan fingerprint density at radius 3 is 2.47 bits per heavy atom. The van der Waals surface area contributed by atoms with E-state index in [1.54, 1.807) is 12.1 Å². The molecule has 0 unspecified atom stereocenters. The first-order chi connectivity index (χ1) is 9.13. The normalized spacial score (nSPS) is 10.3. The number of aryl methyl sites for hydroxylation is 1. The maximum atomic E-state index is 13.0. The molecule has 4 nitrogen and oxygen atoms in total. The van der Waals surface area contributed by atoms with E-state index in [1.165, 1.54) is 12.1 Å². The molecule has 0 saturated carbocycles. The number of benzene rings is 1. The van der Waals surface area contributed by atoms with Crippen LogP contribution in [0.1, 0.15) is 12.7 Å². The van der Waals surface area contributed by atoms with Crippen LogP contribution in [0.3, 0.4) is 0 Å². The molecule has 1 N–H and O–H groups in total. The van der Waals surface area contributed by atoms with Crippen LogP contribution in [-0.4, -0.2) is 23.6 Å². The number of halogens is 1. The Morgan fingerprint density at radius 2 is 1.89 bits per heavy atom. The van der Waals surface area contributed by atoms with E-state index in [9.17, 15) is 4.39 Å². The minimum Gasteiger partial charge on any atom is -0.373 e. The quantitative estimate of drug-likeness (QED) is 0.917. The largest absolute Gasteiger partial charge is 0.373 e. The molecule has 0 aliphatic heterocycles. The van der Waals surface area contributed by atoms with Crippen LogP contribution in [0.5, 0.6) is 0 Å². The van der Waals surface area contributed by atoms with E-state index in [0.29, 0.717) is 5.82 Å². The first-order valence-corrected chi connectivity index (χ1v) is 6.20. The molecular weight excluding hydrogens is 243 g/mol. The standard InChI is InChI=1S/C14H17FN4/c1-4-19(12-7-5-11(15)6-8-12)14-9-13(16-3)17-10(2)18-14/h5-9H,4H2,1-3H3,(H,16,17,18). The second-order valence-corrected chi connectivity index (χ2v) is 4.13. The molecule has 19 heavy (non-hydrogen) atoms. The van der Waals surface area contributed by atoms with Crippen molar-refractivity contribution in [2.45, 2.75) is 13.8 Å². The van der Waals surface area contributed by atoms with Gasteiger partial charge in [0.2, 0.25) is 0 Å². The summed E-state index contributed by atoms with van der Waals surface area (Å²) < 4.78 is 13.0. The Bertz CT molecular complexity index is 554. The average Bonchev–Trinajstić information content (AvgIpc) is 2.41. The predicted molar refractivity (Wildman–Crippen MR) is 75.4 cm³/mol. The molecule has 1 aromatic heterocycles. The van der Waals surface area contributed by atoms with Crippen molar-refractivity contribution in [3.05, 3.63) is 42.0 Å². The van der Waals surface area contributed by atoms with Gasteiger partial charge in [-0.2, -0.15) is 0 Å². The van der Waals surface area contributed by atoms with E-state index in [2.05, 4.69) is 15.3 Å². The summed E-state index contributed by atoms with van der Waals surface area (Å²) >= 11 is 0. The van der Waals surface area contributed by atoms with E-state index in [0.717, 1.165) is 23.9 Å². The number of nitrogens with one attached hydrogen (secondary N) is 1. The Morgan fingerprint density at radius 1 is 1.21 bits per heavy atom. The van der Waals surface area contributed by atoms with Crippen LogP contribution in [0, 0.1) is 12.7 Å². The van der Waals surface area contributed by atoms with Crippen LogP contribution in [0.15, 0.2) is 30.3 Å². The van der Waals surface area contributed by atoms with Gasteiger partial charge < -0.3 is 10.2 Å². The molecule has 0 radical (unpaired) electrons. The third kappa shape index (κ3) is 2.99. The predicted octanol–water partition coefficient (Wildman–Crippen LogP) is 3.12. The Kier molecular flexibility index (Phi) is 3.94. The van der Waals surface area contributed by atoms with Gasteiger partial charge in [0.1, 0.15) is 23.3 Å². The van der Waals surface area contributed by atoms with Crippen molar-refractivity contribution in [1.29, 1.82) is 0 Å². The Balaban J connectivity index is 2.41. The maximum absolute atomic E-state index is 13.0. The summed E-state index contributed by atoms with van der Waals surface area (Å²) in [6.45, 7) is 4.62. The van der Waals surface area contributed by atoms with E-state index >= 15 is 0 Å². The SMILES string of the molecule is CCN(c1ccc(F)cc1)c1cc(NC)nc(C)n1. The molecule has 0 aliphatic carbocycles. The van der Waals surface area contributed by atoms with Crippen molar-refractivity contribution >= 4 is 17.3 Å². The minimum absolute atomic E-state index is 0.241. The molecule has 5 heteroatoms. The molecule has 2 aromatic rings. The van der Waals surface area contributed by atoms with Gasteiger partial charge >= 0.3 is 0 Å². The highest BCUT2D eigenvalue weighted by Crippen LogP contribution is 2.25. The smallest absolute Gasteiger partial charge is 0.138 e. The zero-order valence-electron chi connectivity index (χ0n) is 11.3. The summed E-state index contributed by atoms with van der Waals surface area (Å²) in [7, 11) is 1.82. The van der Waals surface area contributed by atoms with Crippen molar-refractivity contribution in [3.8, 4) is 0 Å². The second kappa shape index (κ2) is 5.65. The molecule has 0 spiro atoms. The lowest BCUT2D eigenvalue weighted by Gasteiger charge is -2.22.